The number of amides is 1. The molecule has 0 spiro atoms. The molecule has 1 aliphatic rings. The summed E-state index contributed by atoms with van der Waals surface area (Å²) in [5, 5.41) is 12.2. The van der Waals surface area contributed by atoms with Gasteiger partial charge in [-0.15, -0.1) is 0 Å². The molecule has 0 aliphatic heterocycles. The lowest BCUT2D eigenvalue weighted by Gasteiger charge is -2.43. The van der Waals surface area contributed by atoms with Crippen molar-refractivity contribution in [2.45, 2.75) is 38.1 Å². The highest BCUT2D eigenvalue weighted by Gasteiger charge is 2.41. The lowest BCUT2D eigenvalue weighted by atomic mass is 9.71. The maximum absolute atomic E-state index is 12.6. The van der Waals surface area contributed by atoms with Crippen LogP contribution < -0.4 is 5.32 Å². The Balaban J connectivity index is 1.87. The molecule has 1 saturated carbocycles. The summed E-state index contributed by atoms with van der Waals surface area (Å²) in [5.74, 6) is -1.10. The zero-order chi connectivity index (χ0) is 17.3. The fraction of sp³-hybridized carbons (Fsp3) is 0.333. The van der Waals surface area contributed by atoms with E-state index in [-0.39, 0.29) is 17.2 Å². The number of halogens is 1. The molecule has 126 valence electrons. The van der Waals surface area contributed by atoms with E-state index in [1.807, 2.05) is 24.3 Å². The van der Waals surface area contributed by atoms with Gasteiger partial charge in [0.25, 0.3) is 5.91 Å². The topological polar surface area (TPSA) is 79.5 Å². The summed E-state index contributed by atoms with van der Waals surface area (Å²) in [5.41, 5.74) is 0.675. The molecule has 6 heteroatoms. The minimum atomic E-state index is -1.08. The fourth-order valence-electron chi connectivity index (χ4n) is 3.07. The minimum absolute atomic E-state index is 0.0468. The van der Waals surface area contributed by atoms with Crippen LogP contribution in [-0.2, 0) is 12.0 Å². The Labute approximate surface area is 148 Å². The highest BCUT2D eigenvalue weighted by atomic mass is 79.9. The second-order valence-corrected chi connectivity index (χ2v) is 6.92. The predicted molar refractivity (Wildman–Crippen MR) is 92.2 cm³/mol. The van der Waals surface area contributed by atoms with Crippen LogP contribution in [0.25, 0.3) is 0 Å². The van der Waals surface area contributed by atoms with Crippen LogP contribution in [0, 0.1) is 0 Å². The van der Waals surface area contributed by atoms with Crippen molar-refractivity contribution in [2.75, 3.05) is 0 Å². The monoisotopic (exact) mass is 391 g/mol. The molecule has 0 saturated heterocycles. The molecule has 1 aliphatic carbocycles. The van der Waals surface area contributed by atoms with E-state index in [0.717, 1.165) is 29.3 Å². The van der Waals surface area contributed by atoms with Gasteiger partial charge < -0.3 is 14.8 Å². The Morgan fingerprint density at radius 1 is 1.33 bits per heavy atom. The molecule has 0 radical (unpaired) electrons. The Morgan fingerprint density at radius 2 is 2.08 bits per heavy atom. The molecule has 1 aromatic heterocycles. The van der Waals surface area contributed by atoms with Crippen LogP contribution in [0.1, 0.15) is 58.4 Å². The van der Waals surface area contributed by atoms with E-state index in [0.29, 0.717) is 12.2 Å². The standard InChI is InChI=1S/C18H18BrNO4/c1-2-14-13(17(22)23)10-15(24-14)16(21)20-18(7-4-8-18)11-5-3-6-12(19)9-11/h3,5-6,9-10H,2,4,7-8H2,1H3,(H,20,21)(H,22,23). The first kappa shape index (κ1) is 16.8. The Morgan fingerprint density at radius 3 is 2.58 bits per heavy atom. The van der Waals surface area contributed by atoms with E-state index in [9.17, 15) is 14.7 Å². The first-order chi connectivity index (χ1) is 11.4. The molecular formula is C18H18BrNO4. The number of furan rings is 1. The largest absolute Gasteiger partial charge is 0.478 e. The van der Waals surface area contributed by atoms with Crippen LogP contribution in [0.4, 0.5) is 0 Å². The average Bonchev–Trinajstić information content (AvgIpc) is 2.95. The number of carbonyl (C=O) groups is 2. The van der Waals surface area contributed by atoms with Crippen molar-refractivity contribution >= 4 is 27.8 Å². The van der Waals surface area contributed by atoms with E-state index in [4.69, 9.17) is 4.42 Å². The van der Waals surface area contributed by atoms with Gasteiger partial charge in [-0.1, -0.05) is 35.0 Å². The predicted octanol–water partition coefficient (Wildman–Crippen LogP) is 4.11. The molecule has 24 heavy (non-hydrogen) atoms. The van der Waals surface area contributed by atoms with Crippen molar-refractivity contribution in [1.82, 2.24) is 5.32 Å². The summed E-state index contributed by atoms with van der Waals surface area (Å²) in [6.07, 6.45) is 3.15. The number of carbonyl (C=O) groups excluding carboxylic acids is 1. The molecule has 1 amide bonds. The smallest absolute Gasteiger partial charge is 0.339 e. The second kappa shape index (κ2) is 6.43. The Bertz CT molecular complexity index is 792. The number of nitrogens with one attached hydrogen (secondary N) is 1. The molecule has 0 atom stereocenters. The van der Waals surface area contributed by atoms with Gasteiger partial charge in [-0.05, 0) is 37.0 Å². The summed E-state index contributed by atoms with van der Waals surface area (Å²) in [7, 11) is 0. The highest BCUT2D eigenvalue weighted by Crippen LogP contribution is 2.42. The van der Waals surface area contributed by atoms with Crippen LogP contribution in [-0.4, -0.2) is 17.0 Å². The van der Waals surface area contributed by atoms with Crippen LogP contribution >= 0.6 is 15.9 Å². The molecular weight excluding hydrogens is 374 g/mol. The second-order valence-electron chi connectivity index (χ2n) is 6.01. The first-order valence-electron chi connectivity index (χ1n) is 7.90. The summed E-state index contributed by atoms with van der Waals surface area (Å²) >= 11 is 3.46. The summed E-state index contributed by atoms with van der Waals surface area (Å²) in [6.45, 7) is 1.79. The van der Waals surface area contributed by atoms with E-state index in [2.05, 4.69) is 21.2 Å². The van der Waals surface area contributed by atoms with Crippen molar-refractivity contribution in [3.63, 3.8) is 0 Å². The van der Waals surface area contributed by atoms with E-state index in [1.165, 1.54) is 6.07 Å². The van der Waals surface area contributed by atoms with Crippen molar-refractivity contribution < 1.29 is 19.1 Å². The van der Waals surface area contributed by atoms with Gasteiger partial charge in [0.05, 0.1) is 5.54 Å². The van der Waals surface area contributed by atoms with Crippen LogP contribution in [0.3, 0.4) is 0 Å². The van der Waals surface area contributed by atoms with Crippen LogP contribution in [0.5, 0.6) is 0 Å². The van der Waals surface area contributed by atoms with Gasteiger partial charge in [-0.2, -0.15) is 0 Å². The maximum atomic E-state index is 12.6. The molecule has 2 aromatic rings. The Kier molecular flexibility index (Phi) is 4.49. The van der Waals surface area contributed by atoms with Crippen molar-refractivity contribution in [3.8, 4) is 0 Å². The van der Waals surface area contributed by atoms with Crippen molar-refractivity contribution in [3.05, 3.63) is 57.5 Å². The summed E-state index contributed by atoms with van der Waals surface area (Å²) in [4.78, 5) is 23.8. The highest BCUT2D eigenvalue weighted by molar-refractivity contribution is 9.10. The SMILES string of the molecule is CCc1oc(C(=O)NC2(c3cccc(Br)c3)CCC2)cc1C(=O)O. The van der Waals surface area contributed by atoms with Crippen LogP contribution in [0.2, 0.25) is 0 Å². The quantitative estimate of drug-likeness (QED) is 0.803. The molecule has 0 unspecified atom stereocenters. The van der Waals surface area contributed by atoms with Gasteiger partial charge in [0.1, 0.15) is 11.3 Å². The fourth-order valence-corrected chi connectivity index (χ4v) is 3.46. The number of aryl methyl sites for hydroxylation is 1. The van der Waals surface area contributed by atoms with Gasteiger partial charge in [-0.25, -0.2) is 4.79 Å². The summed E-state index contributed by atoms with van der Waals surface area (Å²) < 4.78 is 6.42. The summed E-state index contributed by atoms with van der Waals surface area (Å²) in [6, 6.07) is 9.19. The minimum Gasteiger partial charge on any atom is -0.478 e. The average molecular weight is 392 g/mol. The molecule has 5 nitrogen and oxygen atoms in total. The third-order valence-electron chi connectivity index (χ3n) is 4.52. The number of hydrogen-bond acceptors (Lipinski definition) is 3. The number of carboxylic acid groups (broad SMARTS) is 1. The molecule has 2 N–H and O–H groups in total. The Hall–Kier alpha value is -2.08. The third-order valence-corrected chi connectivity index (χ3v) is 5.01. The van der Waals surface area contributed by atoms with Crippen LogP contribution in [0.15, 0.2) is 39.2 Å². The van der Waals surface area contributed by atoms with Gasteiger partial charge in [0.15, 0.2) is 5.76 Å². The maximum Gasteiger partial charge on any atom is 0.339 e. The number of aromatic carboxylic acids is 1. The molecule has 1 fully saturated rings. The number of hydrogen-bond donors (Lipinski definition) is 2. The normalized spacial score (nSPS) is 15.6. The van der Waals surface area contributed by atoms with Gasteiger partial charge in [0, 0.05) is 17.0 Å². The molecule has 1 aromatic carbocycles. The van der Waals surface area contributed by atoms with Crippen molar-refractivity contribution in [2.24, 2.45) is 0 Å². The van der Waals surface area contributed by atoms with Gasteiger partial charge in [-0.3, -0.25) is 4.79 Å². The third kappa shape index (κ3) is 2.98. The zero-order valence-electron chi connectivity index (χ0n) is 13.3. The lowest BCUT2D eigenvalue weighted by Crippen LogP contribution is -2.50. The molecule has 1 heterocycles. The number of carboxylic acids is 1. The molecule has 3 rings (SSSR count). The van der Waals surface area contributed by atoms with E-state index in [1.54, 1.807) is 6.92 Å². The first-order valence-corrected chi connectivity index (χ1v) is 8.69. The van der Waals surface area contributed by atoms with Crippen molar-refractivity contribution in [1.29, 1.82) is 0 Å². The lowest BCUT2D eigenvalue weighted by molar-refractivity contribution is 0.0693. The number of rotatable bonds is 5. The van der Waals surface area contributed by atoms with Gasteiger partial charge in [0.2, 0.25) is 0 Å². The molecule has 0 bridgehead atoms. The zero-order valence-corrected chi connectivity index (χ0v) is 14.9. The van der Waals surface area contributed by atoms with E-state index < -0.39 is 11.5 Å². The van der Waals surface area contributed by atoms with Gasteiger partial charge >= 0.3 is 5.97 Å². The number of benzene rings is 1. The van der Waals surface area contributed by atoms with E-state index >= 15 is 0 Å².